The first-order valence-electron chi connectivity index (χ1n) is 7.90. The quantitative estimate of drug-likeness (QED) is 0.746. The molecule has 6 nitrogen and oxygen atoms in total. The van der Waals surface area contributed by atoms with Crippen molar-refractivity contribution in [2.24, 2.45) is 0 Å². The normalized spacial score (nSPS) is 16.6. The van der Waals surface area contributed by atoms with Crippen molar-refractivity contribution in [3.05, 3.63) is 23.8 Å². The molecule has 2 rings (SSSR count). The van der Waals surface area contributed by atoms with Crippen molar-refractivity contribution in [1.82, 2.24) is 5.32 Å². The summed E-state index contributed by atoms with van der Waals surface area (Å²) in [7, 11) is 1.48. The Morgan fingerprint density at radius 1 is 1.35 bits per heavy atom. The summed E-state index contributed by atoms with van der Waals surface area (Å²) >= 11 is -2.41. The van der Waals surface area contributed by atoms with Crippen molar-refractivity contribution < 1.29 is 18.3 Å². The summed E-state index contributed by atoms with van der Waals surface area (Å²) in [6.45, 7) is 0. The number of rotatable bonds is 7. The molecule has 0 bridgehead atoms. The summed E-state index contributed by atoms with van der Waals surface area (Å²) in [5.41, 5.74) is 1.27. The number of carbonyl (C=O) groups is 1. The van der Waals surface area contributed by atoms with E-state index in [0.717, 1.165) is 18.4 Å². The highest BCUT2D eigenvalue weighted by molar-refractivity contribution is 7.80. The van der Waals surface area contributed by atoms with Crippen LogP contribution in [0.5, 0.6) is 5.75 Å². The monoisotopic (exact) mass is 339 g/mol. The Morgan fingerprint density at radius 2 is 2.09 bits per heavy atom. The maximum atomic E-state index is 12.0. The predicted molar refractivity (Wildman–Crippen MR) is 88.9 cm³/mol. The van der Waals surface area contributed by atoms with Gasteiger partial charge in [-0.25, -0.2) is 0 Å². The Balaban J connectivity index is 1.89. The van der Waals surface area contributed by atoms with Gasteiger partial charge in [0.05, 0.1) is 12.8 Å². The molecule has 1 aliphatic carbocycles. The zero-order valence-corrected chi connectivity index (χ0v) is 14.1. The van der Waals surface area contributed by atoms with Crippen LogP contribution in [0.25, 0.3) is 0 Å². The number of anilines is 1. The third-order valence-corrected chi connectivity index (χ3v) is 4.45. The van der Waals surface area contributed by atoms with Crippen LogP contribution in [0.15, 0.2) is 18.2 Å². The molecule has 23 heavy (non-hydrogen) atoms. The summed E-state index contributed by atoms with van der Waals surface area (Å²) in [6, 6.07) is 5.55. The van der Waals surface area contributed by atoms with Gasteiger partial charge in [0, 0.05) is 23.7 Å². The molecule has 1 aromatic rings. The second-order valence-electron chi connectivity index (χ2n) is 5.77. The first-order chi connectivity index (χ1) is 11.1. The summed E-state index contributed by atoms with van der Waals surface area (Å²) in [4.78, 5) is 12.0. The summed E-state index contributed by atoms with van der Waals surface area (Å²) in [5, 5.41) is 3.08. The molecule has 1 aromatic carbocycles. The van der Waals surface area contributed by atoms with Crippen LogP contribution >= 0.6 is 0 Å². The van der Waals surface area contributed by atoms with E-state index < -0.39 is 11.3 Å². The van der Waals surface area contributed by atoms with Crippen molar-refractivity contribution in [2.45, 2.75) is 51.0 Å². The van der Waals surface area contributed by atoms with Gasteiger partial charge in [-0.1, -0.05) is 25.3 Å². The smallest absolute Gasteiger partial charge is 0.220 e. The van der Waals surface area contributed by atoms with Crippen molar-refractivity contribution in [2.75, 3.05) is 11.8 Å². The number of hydrogen-bond donors (Lipinski definition) is 2. The minimum atomic E-state index is -2.41. The van der Waals surface area contributed by atoms with E-state index in [1.165, 1.54) is 26.4 Å². The summed E-state index contributed by atoms with van der Waals surface area (Å²) < 4.78 is 29.0. The molecule has 1 fully saturated rings. The summed E-state index contributed by atoms with van der Waals surface area (Å²) in [6.07, 6.45) is 6.71. The largest absolute Gasteiger partial charge is 0.755 e. The average molecular weight is 339 g/mol. The van der Waals surface area contributed by atoms with Gasteiger partial charge in [0.1, 0.15) is 5.75 Å². The topological polar surface area (TPSA) is 90.5 Å². The molecular formula is C16H23N2O4S-. The predicted octanol–water partition coefficient (Wildman–Crippen LogP) is 2.28. The minimum absolute atomic E-state index is 0.0506. The van der Waals surface area contributed by atoms with Gasteiger partial charge >= 0.3 is 0 Å². The Hall–Kier alpha value is -1.60. The van der Waals surface area contributed by atoms with Gasteiger partial charge in [0.25, 0.3) is 0 Å². The second kappa shape index (κ2) is 8.88. The van der Waals surface area contributed by atoms with E-state index in [0.29, 0.717) is 30.3 Å². The molecule has 0 radical (unpaired) electrons. The lowest BCUT2D eigenvalue weighted by molar-refractivity contribution is -0.121. The fourth-order valence-electron chi connectivity index (χ4n) is 2.88. The first kappa shape index (κ1) is 17.7. The molecule has 1 aliphatic rings. The van der Waals surface area contributed by atoms with Crippen LogP contribution in [0, 0.1) is 0 Å². The van der Waals surface area contributed by atoms with E-state index in [1.807, 2.05) is 6.07 Å². The van der Waals surface area contributed by atoms with Crippen molar-refractivity contribution in [1.29, 1.82) is 0 Å². The number of ether oxygens (including phenoxy) is 1. The molecule has 7 heteroatoms. The van der Waals surface area contributed by atoms with Crippen LogP contribution in [0.1, 0.15) is 44.1 Å². The molecule has 1 saturated carbocycles. The molecule has 0 spiro atoms. The van der Waals surface area contributed by atoms with Gasteiger partial charge in [-0.05, 0) is 37.0 Å². The van der Waals surface area contributed by atoms with E-state index in [2.05, 4.69) is 10.0 Å². The number of carbonyl (C=O) groups excluding carboxylic acids is 1. The van der Waals surface area contributed by atoms with Crippen molar-refractivity contribution in [3.8, 4) is 5.75 Å². The molecule has 0 aromatic heterocycles. The zero-order valence-electron chi connectivity index (χ0n) is 13.3. The Kier molecular flexibility index (Phi) is 6.85. The number of amides is 1. The lowest BCUT2D eigenvalue weighted by Gasteiger charge is -2.22. The first-order valence-corrected chi connectivity index (χ1v) is 8.98. The zero-order chi connectivity index (χ0) is 16.7. The highest BCUT2D eigenvalue weighted by Gasteiger charge is 2.15. The van der Waals surface area contributed by atoms with Crippen LogP contribution in [0.4, 0.5) is 5.69 Å². The van der Waals surface area contributed by atoms with Gasteiger partial charge in [0.15, 0.2) is 0 Å². The molecular weight excluding hydrogens is 316 g/mol. The average Bonchev–Trinajstić information content (AvgIpc) is 2.53. The highest BCUT2D eigenvalue weighted by atomic mass is 32.2. The molecule has 128 valence electrons. The SMILES string of the molecule is COc1ccc(CCC(=O)NC2CCCCC2)cc1NS(=O)[O-]. The molecule has 1 amide bonds. The number of hydrogen-bond acceptors (Lipinski definition) is 4. The van der Waals surface area contributed by atoms with Crippen LogP contribution in [-0.2, 0) is 22.5 Å². The Morgan fingerprint density at radius 3 is 2.74 bits per heavy atom. The number of benzene rings is 1. The van der Waals surface area contributed by atoms with E-state index in [9.17, 15) is 13.6 Å². The Labute approximate surface area is 139 Å². The summed E-state index contributed by atoms with van der Waals surface area (Å²) in [5.74, 6) is 0.499. The van der Waals surface area contributed by atoms with E-state index in [4.69, 9.17) is 4.74 Å². The van der Waals surface area contributed by atoms with Crippen LogP contribution in [0.3, 0.4) is 0 Å². The molecule has 0 heterocycles. The van der Waals surface area contributed by atoms with Gasteiger partial charge < -0.3 is 19.3 Å². The van der Waals surface area contributed by atoms with E-state index in [-0.39, 0.29) is 5.91 Å². The number of methoxy groups -OCH3 is 1. The number of nitrogens with one attached hydrogen (secondary N) is 2. The maximum Gasteiger partial charge on any atom is 0.220 e. The lowest BCUT2D eigenvalue weighted by atomic mass is 9.95. The molecule has 2 N–H and O–H groups in total. The number of aryl methyl sites for hydroxylation is 1. The van der Waals surface area contributed by atoms with Gasteiger partial charge in [-0.15, -0.1) is 0 Å². The third-order valence-electron chi connectivity index (χ3n) is 4.07. The molecule has 0 aliphatic heterocycles. The molecule has 1 atom stereocenters. The fourth-order valence-corrected chi connectivity index (χ4v) is 3.22. The van der Waals surface area contributed by atoms with Crippen LogP contribution < -0.4 is 14.8 Å². The van der Waals surface area contributed by atoms with Gasteiger partial charge in [0.2, 0.25) is 5.91 Å². The maximum absolute atomic E-state index is 12.0. The third kappa shape index (κ3) is 5.84. The standard InChI is InChI=1S/C16H24N2O4S/c1-22-15-9-7-12(11-14(15)18-23(20)21)8-10-16(19)17-13-5-3-2-4-6-13/h7,9,11,13,18H,2-6,8,10H2,1H3,(H,17,19)(H,20,21)/p-1. The van der Waals surface area contributed by atoms with Crippen molar-refractivity contribution >= 4 is 22.9 Å². The van der Waals surface area contributed by atoms with Crippen LogP contribution in [-0.4, -0.2) is 27.8 Å². The fraction of sp³-hybridized carbons (Fsp3) is 0.562. The van der Waals surface area contributed by atoms with E-state index in [1.54, 1.807) is 12.1 Å². The Bertz CT molecular complexity index is 559. The van der Waals surface area contributed by atoms with Gasteiger partial charge in [-0.3, -0.25) is 9.00 Å². The van der Waals surface area contributed by atoms with Crippen LogP contribution in [0.2, 0.25) is 0 Å². The van der Waals surface area contributed by atoms with Gasteiger partial charge in [-0.2, -0.15) is 0 Å². The van der Waals surface area contributed by atoms with E-state index >= 15 is 0 Å². The lowest BCUT2D eigenvalue weighted by Crippen LogP contribution is -2.36. The highest BCUT2D eigenvalue weighted by Crippen LogP contribution is 2.26. The second-order valence-corrected chi connectivity index (χ2v) is 6.45. The van der Waals surface area contributed by atoms with Crippen molar-refractivity contribution in [3.63, 3.8) is 0 Å². The minimum Gasteiger partial charge on any atom is -0.755 e. The molecule has 0 saturated heterocycles. The molecule has 1 unspecified atom stereocenters.